The monoisotopic (exact) mass is 177 g/mol. The largest absolute Gasteiger partial charge is 0.369 e. The van der Waals surface area contributed by atoms with Gasteiger partial charge in [0.1, 0.15) is 0 Å². The highest BCUT2D eigenvalue weighted by molar-refractivity contribution is 5.96. The van der Waals surface area contributed by atoms with Crippen molar-refractivity contribution >= 4 is 11.7 Å². The van der Waals surface area contributed by atoms with Gasteiger partial charge in [0.2, 0.25) is 5.91 Å². The molecule has 0 fully saturated rings. The second kappa shape index (κ2) is 3.85. The van der Waals surface area contributed by atoms with Crippen LogP contribution in [0.3, 0.4) is 0 Å². The average Bonchev–Trinajstić information content (AvgIpc) is 2.03. The predicted molar refractivity (Wildman–Crippen MR) is 49.3 cm³/mol. The molecule has 3 heteroatoms. The number of carbonyl (C=O) groups is 2. The molecule has 0 unspecified atom stereocenters. The molecule has 0 saturated heterocycles. The fraction of sp³-hybridized carbons (Fsp3) is 0.200. The van der Waals surface area contributed by atoms with E-state index in [1.807, 2.05) is 0 Å². The Morgan fingerprint density at radius 3 is 2.46 bits per heavy atom. The first-order chi connectivity index (χ1) is 6.11. The lowest BCUT2D eigenvalue weighted by molar-refractivity contribution is -0.117. The molecular weight excluding hydrogens is 166 g/mol. The highest BCUT2D eigenvalue weighted by Crippen LogP contribution is 2.09. The van der Waals surface area contributed by atoms with Crippen molar-refractivity contribution in [3.63, 3.8) is 0 Å². The van der Waals surface area contributed by atoms with Gasteiger partial charge in [0, 0.05) is 5.56 Å². The van der Waals surface area contributed by atoms with Crippen molar-refractivity contribution in [3.05, 3.63) is 35.4 Å². The lowest BCUT2D eigenvalue weighted by Crippen LogP contribution is -2.15. The van der Waals surface area contributed by atoms with Crippen molar-refractivity contribution < 1.29 is 9.59 Å². The number of benzene rings is 1. The van der Waals surface area contributed by atoms with Gasteiger partial charge in [-0.2, -0.15) is 0 Å². The topological polar surface area (TPSA) is 60.2 Å². The van der Waals surface area contributed by atoms with E-state index < -0.39 is 5.91 Å². The fourth-order valence-electron chi connectivity index (χ4n) is 1.21. The van der Waals surface area contributed by atoms with Crippen LogP contribution >= 0.6 is 0 Å². The van der Waals surface area contributed by atoms with E-state index in [0.29, 0.717) is 11.1 Å². The Bertz CT molecular complexity index is 345. The van der Waals surface area contributed by atoms with Gasteiger partial charge in [-0.1, -0.05) is 24.3 Å². The Hall–Kier alpha value is -1.64. The van der Waals surface area contributed by atoms with E-state index in [1.54, 1.807) is 24.3 Å². The molecule has 0 heterocycles. The molecule has 1 amide bonds. The van der Waals surface area contributed by atoms with Crippen LogP contribution in [0.1, 0.15) is 22.8 Å². The molecule has 13 heavy (non-hydrogen) atoms. The highest BCUT2D eigenvalue weighted by Gasteiger charge is 2.07. The Labute approximate surface area is 76.6 Å². The van der Waals surface area contributed by atoms with E-state index in [0.717, 1.165) is 0 Å². The molecule has 1 rings (SSSR count). The van der Waals surface area contributed by atoms with Crippen LogP contribution in [0.5, 0.6) is 0 Å². The lowest BCUT2D eigenvalue weighted by atomic mass is 10.0. The van der Waals surface area contributed by atoms with E-state index in [9.17, 15) is 9.59 Å². The van der Waals surface area contributed by atoms with Crippen LogP contribution in [-0.4, -0.2) is 11.7 Å². The summed E-state index contributed by atoms with van der Waals surface area (Å²) in [5, 5.41) is 0. The van der Waals surface area contributed by atoms with Crippen LogP contribution in [0.4, 0.5) is 0 Å². The number of ketones is 1. The van der Waals surface area contributed by atoms with E-state index in [4.69, 9.17) is 5.73 Å². The van der Waals surface area contributed by atoms with Crippen LogP contribution in [0, 0.1) is 0 Å². The first-order valence-corrected chi connectivity index (χ1v) is 3.98. The third-order valence-corrected chi connectivity index (χ3v) is 1.76. The van der Waals surface area contributed by atoms with Gasteiger partial charge in [-0.25, -0.2) is 0 Å². The van der Waals surface area contributed by atoms with Crippen LogP contribution in [0.25, 0.3) is 0 Å². The van der Waals surface area contributed by atoms with Gasteiger partial charge in [0.05, 0.1) is 6.42 Å². The van der Waals surface area contributed by atoms with Crippen LogP contribution in [0.15, 0.2) is 24.3 Å². The zero-order valence-corrected chi connectivity index (χ0v) is 7.41. The van der Waals surface area contributed by atoms with Crippen molar-refractivity contribution in [1.29, 1.82) is 0 Å². The first kappa shape index (κ1) is 9.45. The molecule has 3 nitrogen and oxygen atoms in total. The summed E-state index contributed by atoms with van der Waals surface area (Å²) in [6.45, 7) is 1.47. The minimum absolute atomic E-state index is 0.0446. The number of Topliss-reactive ketones (excluding diaryl/α,β-unsaturated/α-hetero) is 1. The molecule has 0 radical (unpaired) electrons. The lowest BCUT2D eigenvalue weighted by Gasteiger charge is -2.03. The van der Waals surface area contributed by atoms with E-state index >= 15 is 0 Å². The molecule has 2 N–H and O–H groups in total. The van der Waals surface area contributed by atoms with Crippen molar-refractivity contribution in [3.8, 4) is 0 Å². The third-order valence-electron chi connectivity index (χ3n) is 1.76. The van der Waals surface area contributed by atoms with Gasteiger partial charge in [-0.3, -0.25) is 9.59 Å². The normalized spacial score (nSPS) is 9.62. The van der Waals surface area contributed by atoms with Crippen molar-refractivity contribution in [2.24, 2.45) is 5.73 Å². The minimum atomic E-state index is -0.422. The second-order valence-corrected chi connectivity index (χ2v) is 2.86. The number of primary amides is 1. The summed E-state index contributed by atoms with van der Waals surface area (Å²) in [4.78, 5) is 21.8. The maximum absolute atomic E-state index is 11.1. The molecule has 68 valence electrons. The van der Waals surface area contributed by atoms with Gasteiger partial charge in [0.15, 0.2) is 5.78 Å². The molecule has 0 spiro atoms. The first-order valence-electron chi connectivity index (χ1n) is 3.98. The summed E-state index contributed by atoms with van der Waals surface area (Å²) < 4.78 is 0. The summed E-state index contributed by atoms with van der Waals surface area (Å²) in [5.41, 5.74) is 6.31. The van der Waals surface area contributed by atoms with Gasteiger partial charge >= 0.3 is 0 Å². The number of rotatable bonds is 3. The minimum Gasteiger partial charge on any atom is -0.369 e. The molecule has 0 bridgehead atoms. The predicted octanol–water partition coefficient (Wildman–Crippen LogP) is 0.917. The van der Waals surface area contributed by atoms with Gasteiger partial charge < -0.3 is 5.73 Å². The molecule has 1 aromatic carbocycles. The van der Waals surface area contributed by atoms with E-state index in [2.05, 4.69) is 0 Å². The summed E-state index contributed by atoms with van der Waals surface area (Å²) in [5.74, 6) is -0.467. The number of hydrogen-bond acceptors (Lipinski definition) is 2. The van der Waals surface area contributed by atoms with Crippen molar-refractivity contribution in [2.75, 3.05) is 0 Å². The Morgan fingerprint density at radius 1 is 1.31 bits per heavy atom. The number of amides is 1. The molecule has 0 aliphatic heterocycles. The standard InChI is InChI=1S/C10H11NO2/c1-7(12)9-5-3-2-4-8(9)6-10(11)13/h2-5H,6H2,1H3,(H2,11,13). The van der Waals surface area contributed by atoms with Crippen LogP contribution in [0.2, 0.25) is 0 Å². The molecule has 0 aliphatic rings. The quantitative estimate of drug-likeness (QED) is 0.698. The number of nitrogens with two attached hydrogens (primary N) is 1. The number of carbonyl (C=O) groups excluding carboxylic acids is 2. The molecule has 0 saturated carbocycles. The average molecular weight is 177 g/mol. The molecule has 0 aliphatic carbocycles. The molecule has 0 atom stereocenters. The maximum atomic E-state index is 11.1. The highest BCUT2D eigenvalue weighted by atomic mass is 16.1. The van der Waals surface area contributed by atoms with Crippen molar-refractivity contribution in [2.45, 2.75) is 13.3 Å². The summed E-state index contributed by atoms with van der Waals surface area (Å²) in [6.07, 6.45) is 0.121. The smallest absolute Gasteiger partial charge is 0.221 e. The third kappa shape index (κ3) is 2.40. The molecule has 1 aromatic rings. The maximum Gasteiger partial charge on any atom is 0.221 e. The SMILES string of the molecule is CC(=O)c1ccccc1CC(N)=O. The summed E-state index contributed by atoms with van der Waals surface area (Å²) in [6, 6.07) is 6.98. The molecular formula is C10H11NO2. The second-order valence-electron chi connectivity index (χ2n) is 2.86. The Kier molecular flexibility index (Phi) is 2.80. The zero-order valence-electron chi connectivity index (χ0n) is 7.41. The summed E-state index contributed by atoms with van der Waals surface area (Å²) >= 11 is 0. The van der Waals surface area contributed by atoms with Crippen molar-refractivity contribution in [1.82, 2.24) is 0 Å². The van der Waals surface area contributed by atoms with Gasteiger partial charge in [-0.15, -0.1) is 0 Å². The Morgan fingerprint density at radius 2 is 1.92 bits per heavy atom. The molecule has 0 aromatic heterocycles. The van der Waals surface area contributed by atoms with Crippen LogP contribution < -0.4 is 5.73 Å². The number of hydrogen-bond donors (Lipinski definition) is 1. The zero-order chi connectivity index (χ0) is 9.84. The van der Waals surface area contributed by atoms with Gasteiger partial charge in [-0.05, 0) is 12.5 Å². The van der Waals surface area contributed by atoms with E-state index in [1.165, 1.54) is 6.92 Å². The van der Waals surface area contributed by atoms with E-state index in [-0.39, 0.29) is 12.2 Å². The fourth-order valence-corrected chi connectivity index (χ4v) is 1.21. The Balaban J connectivity index is 3.04. The van der Waals surface area contributed by atoms with Gasteiger partial charge in [0.25, 0.3) is 0 Å². The summed E-state index contributed by atoms with van der Waals surface area (Å²) in [7, 11) is 0. The van der Waals surface area contributed by atoms with Crippen LogP contribution in [-0.2, 0) is 11.2 Å².